The van der Waals surface area contributed by atoms with Crippen molar-refractivity contribution in [2.45, 2.75) is 13.3 Å². The van der Waals surface area contributed by atoms with E-state index in [1.807, 2.05) is 0 Å². The molecule has 2 aromatic carbocycles. The third kappa shape index (κ3) is 5.89. The Morgan fingerprint density at radius 2 is 1.56 bits per heavy atom. The summed E-state index contributed by atoms with van der Waals surface area (Å²) in [4.78, 5) is 35.2. The Morgan fingerprint density at radius 3 is 2.15 bits per heavy atom. The normalized spacial score (nSPS) is 9.85. The lowest BCUT2D eigenvalue weighted by molar-refractivity contribution is -0.115. The number of hydrogen-bond donors (Lipinski definition) is 3. The van der Waals surface area contributed by atoms with Crippen LogP contribution in [0.3, 0.4) is 0 Å². The highest BCUT2D eigenvalue weighted by molar-refractivity contribution is 7.80. The van der Waals surface area contributed by atoms with Crippen molar-refractivity contribution in [2.24, 2.45) is 0 Å². The topological polar surface area (TPSA) is 96.5 Å². The van der Waals surface area contributed by atoms with Gasteiger partial charge in [0.2, 0.25) is 5.91 Å². The largest absolute Gasteiger partial charge is 0.465 e. The van der Waals surface area contributed by atoms with Gasteiger partial charge in [-0.2, -0.15) is 0 Å². The van der Waals surface area contributed by atoms with E-state index in [2.05, 4.69) is 20.7 Å². The molecular weight excluding hydrogens is 366 g/mol. The molecule has 0 atom stereocenters. The number of carbonyl (C=O) groups excluding carboxylic acids is 3. The molecule has 0 saturated carbocycles. The predicted octanol–water partition coefficient (Wildman–Crippen LogP) is 2.95. The van der Waals surface area contributed by atoms with E-state index < -0.39 is 11.9 Å². The molecule has 7 nitrogen and oxygen atoms in total. The molecule has 0 aliphatic carbocycles. The van der Waals surface area contributed by atoms with Crippen LogP contribution in [0.2, 0.25) is 0 Å². The second kappa shape index (κ2) is 9.44. The van der Waals surface area contributed by atoms with Crippen LogP contribution in [0.25, 0.3) is 0 Å². The van der Waals surface area contributed by atoms with Crippen molar-refractivity contribution >= 4 is 46.5 Å². The minimum atomic E-state index is -0.527. The molecule has 3 N–H and O–H groups in total. The van der Waals surface area contributed by atoms with Gasteiger partial charge in [0.15, 0.2) is 5.11 Å². The lowest BCUT2D eigenvalue weighted by Gasteiger charge is -2.11. The van der Waals surface area contributed by atoms with Crippen molar-refractivity contribution in [3.63, 3.8) is 0 Å². The monoisotopic (exact) mass is 385 g/mol. The maximum Gasteiger partial charge on any atom is 0.337 e. The Bertz CT molecular complexity index is 866. The summed E-state index contributed by atoms with van der Waals surface area (Å²) in [6.45, 7) is 1.77. The van der Waals surface area contributed by atoms with E-state index in [-0.39, 0.29) is 22.1 Å². The molecular formula is C19H19N3O4S. The molecule has 27 heavy (non-hydrogen) atoms. The molecule has 0 spiro atoms. The number of thiocarbonyl (C=S) groups is 1. The van der Waals surface area contributed by atoms with Gasteiger partial charge in [-0.1, -0.05) is 13.0 Å². The third-order valence-corrected chi connectivity index (χ3v) is 3.72. The summed E-state index contributed by atoms with van der Waals surface area (Å²) >= 11 is 5.14. The van der Waals surface area contributed by atoms with E-state index in [4.69, 9.17) is 12.2 Å². The zero-order valence-electron chi connectivity index (χ0n) is 14.9. The first-order valence-corrected chi connectivity index (χ1v) is 8.54. The first-order chi connectivity index (χ1) is 12.9. The van der Waals surface area contributed by atoms with E-state index in [9.17, 15) is 14.4 Å². The van der Waals surface area contributed by atoms with Gasteiger partial charge < -0.3 is 15.4 Å². The standard InChI is InChI=1S/C19H19N3O4S/c1-3-16(23)20-14-7-9-15(10-8-14)21-19(27)22-17(24)12-5-4-6-13(11-12)18(25)26-2/h4-11H,3H2,1-2H3,(H,20,23)(H2,21,22,24,27). The highest BCUT2D eigenvalue weighted by atomic mass is 32.1. The number of nitrogens with one attached hydrogen (secondary N) is 3. The molecule has 0 bridgehead atoms. The summed E-state index contributed by atoms with van der Waals surface area (Å²) < 4.78 is 4.64. The molecule has 0 aromatic heterocycles. The average Bonchev–Trinajstić information content (AvgIpc) is 2.68. The van der Waals surface area contributed by atoms with Crippen LogP contribution in [0.5, 0.6) is 0 Å². The number of benzene rings is 2. The van der Waals surface area contributed by atoms with Gasteiger partial charge in [0.25, 0.3) is 5.91 Å². The maximum atomic E-state index is 12.3. The fourth-order valence-electron chi connectivity index (χ4n) is 2.13. The summed E-state index contributed by atoms with van der Waals surface area (Å²) in [6.07, 6.45) is 0.396. The van der Waals surface area contributed by atoms with Gasteiger partial charge in [0, 0.05) is 23.4 Å². The molecule has 8 heteroatoms. The van der Waals surface area contributed by atoms with Crippen molar-refractivity contribution in [2.75, 3.05) is 17.7 Å². The summed E-state index contributed by atoms with van der Waals surface area (Å²) in [6, 6.07) is 13.0. The Kier molecular flexibility index (Phi) is 7.01. The van der Waals surface area contributed by atoms with Gasteiger partial charge in [-0.25, -0.2) is 4.79 Å². The average molecular weight is 385 g/mol. The van der Waals surface area contributed by atoms with Crippen molar-refractivity contribution in [3.8, 4) is 0 Å². The molecule has 0 unspecified atom stereocenters. The molecule has 0 radical (unpaired) electrons. The van der Waals surface area contributed by atoms with Crippen LogP contribution in [0.4, 0.5) is 11.4 Å². The van der Waals surface area contributed by atoms with Crippen LogP contribution >= 0.6 is 12.2 Å². The minimum Gasteiger partial charge on any atom is -0.465 e. The Balaban J connectivity index is 1.96. The van der Waals surface area contributed by atoms with Crippen molar-refractivity contribution in [1.29, 1.82) is 0 Å². The fourth-order valence-corrected chi connectivity index (χ4v) is 2.34. The van der Waals surface area contributed by atoms with E-state index in [1.165, 1.54) is 13.2 Å². The first kappa shape index (κ1) is 20.1. The number of ether oxygens (including phenoxy) is 1. The lowest BCUT2D eigenvalue weighted by Crippen LogP contribution is -2.34. The molecule has 2 rings (SSSR count). The molecule has 2 amide bonds. The summed E-state index contributed by atoms with van der Waals surface area (Å²) in [5, 5.41) is 8.27. The van der Waals surface area contributed by atoms with Gasteiger partial charge in [0.1, 0.15) is 0 Å². The zero-order valence-corrected chi connectivity index (χ0v) is 15.7. The van der Waals surface area contributed by atoms with Gasteiger partial charge in [0.05, 0.1) is 12.7 Å². The van der Waals surface area contributed by atoms with E-state index in [0.717, 1.165) is 0 Å². The Hall–Kier alpha value is -3.26. The van der Waals surface area contributed by atoms with E-state index >= 15 is 0 Å². The number of anilines is 2. The number of esters is 1. The molecule has 0 fully saturated rings. The molecule has 140 valence electrons. The summed E-state index contributed by atoms with van der Waals surface area (Å²) in [5.74, 6) is -1.06. The van der Waals surface area contributed by atoms with Gasteiger partial charge in [-0.3, -0.25) is 14.9 Å². The van der Waals surface area contributed by atoms with Crippen LogP contribution in [-0.2, 0) is 9.53 Å². The first-order valence-electron chi connectivity index (χ1n) is 8.13. The fraction of sp³-hybridized carbons (Fsp3) is 0.158. The SMILES string of the molecule is CCC(=O)Nc1ccc(NC(=S)NC(=O)c2cccc(C(=O)OC)c2)cc1. The smallest absolute Gasteiger partial charge is 0.337 e. The van der Waals surface area contributed by atoms with Crippen LogP contribution in [0.15, 0.2) is 48.5 Å². The Morgan fingerprint density at radius 1 is 0.963 bits per heavy atom. The van der Waals surface area contributed by atoms with Crippen LogP contribution < -0.4 is 16.0 Å². The maximum absolute atomic E-state index is 12.3. The van der Waals surface area contributed by atoms with Crippen LogP contribution in [-0.4, -0.2) is 30.0 Å². The van der Waals surface area contributed by atoms with Crippen LogP contribution in [0.1, 0.15) is 34.1 Å². The molecule has 2 aromatic rings. The van der Waals surface area contributed by atoms with Crippen molar-refractivity contribution in [3.05, 3.63) is 59.7 Å². The van der Waals surface area contributed by atoms with E-state index in [1.54, 1.807) is 49.4 Å². The second-order valence-corrected chi connectivity index (χ2v) is 5.87. The van der Waals surface area contributed by atoms with Crippen molar-refractivity contribution in [1.82, 2.24) is 5.32 Å². The lowest BCUT2D eigenvalue weighted by atomic mass is 10.1. The second-order valence-electron chi connectivity index (χ2n) is 5.46. The number of amides is 2. The quantitative estimate of drug-likeness (QED) is 0.541. The molecule has 0 aliphatic heterocycles. The van der Waals surface area contributed by atoms with Gasteiger partial charge in [-0.15, -0.1) is 0 Å². The van der Waals surface area contributed by atoms with Crippen molar-refractivity contribution < 1.29 is 19.1 Å². The van der Waals surface area contributed by atoms with Gasteiger partial charge >= 0.3 is 5.97 Å². The predicted molar refractivity (Wildman–Crippen MR) is 107 cm³/mol. The number of rotatable bonds is 5. The minimum absolute atomic E-state index is 0.0762. The molecule has 0 aliphatic rings. The number of methoxy groups -OCH3 is 1. The summed E-state index contributed by atoms with van der Waals surface area (Å²) in [5.41, 5.74) is 1.87. The number of hydrogen-bond acceptors (Lipinski definition) is 5. The van der Waals surface area contributed by atoms with Gasteiger partial charge in [-0.05, 0) is 54.7 Å². The highest BCUT2D eigenvalue weighted by Crippen LogP contribution is 2.14. The molecule has 0 heterocycles. The Labute approximate surface area is 162 Å². The van der Waals surface area contributed by atoms with Crippen LogP contribution in [0, 0.1) is 0 Å². The highest BCUT2D eigenvalue weighted by Gasteiger charge is 2.12. The third-order valence-electron chi connectivity index (χ3n) is 3.52. The zero-order chi connectivity index (χ0) is 19.8. The summed E-state index contributed by atoms with van der Waals surface area (Å²) in [7, 11) is 1.27. The molecule has 0 saturated heterocycles. The van der Waals surface area contributed by atoms with E-state index in [0.29, 0.717) is 17.8 Å². The number of carbonyl (C=O) groups is 3.